The lowest BCUT2D eigenvalue weighted by atomic mass is 10.0. The third kappa shape index (κ3) is 10.3. The first kappa shape index (κ1) is 25.1. The molecule has 3 unspecified atom stereocenters. The van der Waals surface area contributed by atoms with Crippen molar-refractivity contribution in [2.24, 2.45) is 28.1 Å². The maximum atomic E-state index is 12.4. The Balaban J connectivity index is 4.84. The Morgan fingerprint density at radius 1 is 1.04 bits per heavy atom. The molecule has 0 fully saturated rings. The standard InChI is InChI=1S/C16H31N7O5/c1-8(2)12(17)14(26)23-10(5-4-6-20-16(18)19)13(25)21-7-11(24)22-9(3)15(27)28/h8-10,12H,4-7,17H2,1-3H3,(H,21,25)(H,22,24)(H,23,26)(H,27,28)(H4,18,19,20). The van der Waals surface area contributed by atoms with E-state index in [9.17, 15) is 19.2 Å². The van der Waals surface area contributed by atoms with Gasteiger partial charge in [-0.3, -0.25) is 24.2 Å². The highest BCUT2D eigenvalue weighted by molar-refractivity contribution is 5.92. The third-order valence-corrected chi connectivity index (χ3v) is 3.77. The molecule has 0 aliphatic carbocycles. The zero-order chi connectivity index (χ0) is 21.9. The average Bonchev–Trinajstić information content (AvgIpc) is 2.60. The van der Waals surface area contributed by atoms with E-state index in [-0.39, 0.29) is 24.8 Å². The van der Waals surface area contributed by atoms with Crippen LogP contribution < -0.4 is 33.2 Å². The molecule has 3 atom stereocenters. The molecule has 10 N–H and O–H groups in total. The van der Waals surface area contributed by atoms with Gasteiger partial charge in [0.1, 0.15) is 12.1 Å². The predicted molar refractivity (Wildman–Crippen MR) is 103 cm³/mol. The summed E-state index contributed by atoms with van der Waals surface area (Å²) in [4.78, 5) is 50.8. The lowest BCUT2D eigenvalue weighted by molar-refractivity contribution is -0.141. The van der Waals surface area contributed by atoms with Crippen molar-refractivity contribution in [3.8, 4) is 0 Å². The van der Waals surface area contributed by atoms with E-state index in [4.69, 9.17) is 22.3 Å². The van der Waals surface area contributed by atoms with E-state index < -0.39 is 48.4 Å². The van der Waals surface area contributed by atoms with E-state index in [1.54, 1.807) is 13.8 Å². The molecular formula is C16H31N7O5. The molecule has 0 saturated carbocycles. The molecule has 160 valence electrons. The Labute approximate surface area is 163 Å². The molecule has 12 nitrogen and oxygen atoms in total. The summed E-state index contributed by atoms with van der Waals surface area (Å²) in [5, 5.41) is 15.9. The van der Waals surface area contributed by atoms with Crippen LogP contribution in [0.4, 0.5) is 0 Å². The van der Waals surface area contributed by atoms with Crippen molar-refractivity contribution in [2.75, 3.05) is 13.1 Å². The molecule has 0 spiro atoms. The van der Waals surface area contributed by atoms with Crippen LogP contribution in [0.1, 0.15) is 33.6 Å². The zero-order valence-corrected chi connectivity index (χ0v) is 16.4. The molecule has 3 amide bonds. The topological polar surface area (TPSA) is 215 Å². The number of amides is 3. The van der Waals surface area contributed by atoms with Crippen LogP contribution in [-0.4, -0.2) is 66.0 Å². The number of nitrogens with one attached hydrogen (secondary N) is 3. The average molecular weight is 401 g/mol. The van der Waals surface area contributed by atoms with Crippen molar-refractivity contribution in [3.05, 3.63) is 0 Å². The second-order valence-electron chi connectivity index (χ2n) is 6.63. The fourth-order valence-corrected chi connectivity index (χ4v) is 1.99. The van der Waals surface area contributed by atoms with Crippen molar-refractivity contribution in [1.82, 2.24) is 16.0 Å². The SMILES string of the molecule is CC(NC(=O)CNC(=O)C(CCCN=C(N)N)NC(=O)C(N)C(C)C)C(=O)O. The zero-order valence-electron chi connectivity index (χ0n) is 16.4. The summed E-state index contributed by atoms with van der Waals surface area (Å²) < 4.78 is 0. The fourth-order valence-electron chi connectivity index (χ4n) is 1.99. The number of nitrogens with two attached hydrogens (primary N) is 3. The van der Waals surface area contributed by atoms with Crippen LogP contribution in [0, 0.1) is 5.92 Å². The number of nitrogens with zero attached hydrogens (tertiary/aromatic N) is 1. The van der Waals surface area contributed by atoms with Crippen LogP contribution in [0.5, 0.6) is 0 Å². The van der Waals surface area contributed by atoms with Crippen LogP contribution in [0.15, 0.2) is 4.99 Å². The number of carbonyl (C=O) groups excluding carboxylic acids is 3. The van der Waals surface area contributed by atoms with E-state index in [1.165, 1.54) is 6.92 Å². The lowest BCUT2D eigenvalue weighted by Gasteiger charge is -2.22. The van der Waals surface area contributed by atoms with Crippen molar-refractivity contribution < 1.29 is 24.3 Å². The summed E-state index contributed by atoms with van der Waals surface area (Å²) in [6.07, 6.45) is 0.613. The van der Waals surface area contributed by atoms with E-state index in [1.807, 2.05) is 0 Å². The molecule has 0 bridgehead atoms. The predicted octanol–water partition coefficient (Wildman–Crippen LogP) is -2.79. The number of carboxylic acids is 1. The summed E-state index contributed by atoms with van der Waals surface area (Å²) in [7, 11) is 0. The molecule has 0 aromatic carbocycles. The number of carboxylic acid groups (broad SMARTS) is 1. The van der Waals surface area contributed by atoms with Crippen molar-refractivity contribution in [3.63, 3.8) is 0 Å². The minimum absolute atomic E-state index is 0.0870. The van der Waals surface area contributed by atoms with Gasteiger partial charge in [-0.1, -0.05) is 13.8 Å². The number of hydrogen-bond donors (Lipinski definition) is 7. The minimum atomic E-state index is -1.20. The second kappa shape index (κ2) is 12.5. The molecule has 0 rings (SSSR count). The number of aliphatic imine (C=N–C) groups is 1. The lowest BCUT2D eigenvalue weighted by Crippen LogP contribution is -2.54. The molecule has 0 radical (unpaired) electrons. The fraction of sp³-hybridized carbons (Fsp3) is 0.688. The maximum absolute atomic E-state index is 12.4. The Bertz CT molecular complexity index is 590. The quantitative estimate of drug-likeness (QED) is 0.103. The third-order valence-electron chi connectivity index (χ3n) is 3.77. The first-order valence-electron chi connectivity index (χ1n) is 8.86. The number of guanidine groups is 1. The molecule has 0 aliphatic heterocycles. The second-order valence-corrected chi connectivity index (χ2v) is 6.63. The highest BCUT2D eigenvalue weighted by atomic mass is 16.4. The Morgan fingerprint density at radius 3 is 2.14 bits per heavy atom. The molecular weight excluding hydrogens is 370 g/mol. The molecule has 0 aliphatic rings. The molecule has 0 aromatic rings. The van der Waals surface area contributed by atoms with Gasteiger partial charge in [0.15, 0.2) is 5.96 Å². The van der Waals surface area contributed by atoms with E-state index in [0.717, 1.165) is 0 Å². The number of carbonyl (C=O) groups is 4. The van der Waals surface area contributed by atoms with Gasteiger partial charge in [-0.15, -0.1) is 0 Å². The maximum Gasteiger partial charge on any atom is 0.325 e. The normalized spacial score (nSPS) is 13.8. The van der Waals surface area contributed by atoms with Gasteiger partial charge in [0.25, 0.3) is 0 Å². The Hall–Kier alpha value is -2.89. The van der Waals surface area contributed by atoms with Crippen LogP contribution in [0.3, 0.4) is 0 Å². The van der Waals surface area contributed by atoms with Crippen LogP contribution in [0.25, 0.3) is 0 Å². The number of rotatable bonds is 12. The van der Waals surface area contributed by atoms with Gasteiger partial charge in [0.2, 0.25) is 17.7 Å². The van der Waals surface area contributed by atoms with Crippen molar-refractivity contribution in [2.45, 2.75) is 51.7 Å². The van der Waals surface area contributed by atoms with Crippen molar-refractivity contribution in [1.29, 1.82) is 0 Å². The van der Waals surface area contributed by atoms with Crippen LogP contribution in [-0.2, 0) is 19.2 Å². The van der Waals surface area contributed by atoms with E-state index >= 15 is 0 Å². The van der Waals surface area contributed by atoms with Gasteiger partial charge in [-0.2, -0.15) is 0 Å². The summed E-state index contributed by atoms with van der Waals surface area (Å²) in [6, 6.07) is -2.84. The molecule has 0 heterocycles. The van der Waals surface area contributed by atoms with Gasteiger partial charge in [-0.25, -0.2) is 0 Å². The van der Waals surface area contributed by atoms with Gasteiger partial charge in [0.05, 0.1) is 12.6 Å². The molecule has 0 aromatic heterocycles. The van der Waals surface area contributed by atoms with Gasteiger partial charge in [0, 0.05) is 6.54 Å². The summed E-state index contributed by atoms with van der Waals surface area (Å²) in [6.45, 7) is 4.65. The minimum Gasteiger partial charge on any atom is -0.480 e. The first-order valence-corrected chi connectivity index (χ1v) is 8.86. The van der Waals surface area contributed by atoms with E-state index in [2.05, 4.69) is 20.9 Å². The van der Waals surface area contributed by atoms with Crippen molar-refractivity contribution >= 4 is 29.7 Å². The van der Waals surface area contributed by atoms with Gasteiger partial charge >= 0.3 is 5.97 Å². The summed E-state index contributed by atoms with van der Waals surface area (Å²) in [5.74, 6) is -3.20. The van der Waals surface area contributed by atoms with Crippen LogP contribution in [0.2, 0.25) is 0 Å². The molecule has 0 saturated heterocycles. The first-order chi connectivity index (χ1) is 13.0. The Kier molecular flexibility index (Phi) is 11.2. The van der Waals surface area contributed by atoms with Gasteiger partial charge < -0.3 is 38.3 Å². The van der Waals surface area contributed by atoms with E-state index in [0.29, 0.717) is 6.42 Å². The molecule has 12 heteroatoms. The molecule has 28 heavy (non-hydrogen) atoms. The highest BCUT2D eigenvalue weighted by Crippen LogP contribution is 2.03. The highest BCUT2D eigenvalue weighted by Gasteiger charge is 2.25. The summed E-state index contributed by atoms with van der Waals surface area (Å²) in [5.41, 5.74) is 16.3. The smallest absolute Gasteiger partial charge is 0.325 e. The Morgan fingerprint density at radius 2 is 1.64 bits per heavy atom. The van der Waals surface area contributed by atoms with Crippen LogP contribution >= 0.6 is 0 Å². The monoisotopic (exact) mass is 401 g/mol. The largest absolute Gasteiger partial charge is 0.480 e. The number of hydrogen-bond acceptors (Lipinski definition) is 6. The summed E-state index contributed by atoms with van der Waals surface area (Å²) >= 11 is 0. The van der Waals surface area contributed by atoms with Gasteiger partial charge in [-0.05, 0) is 25.7 Å². The number of aliphatic carboxylic acids is 1.